The van der Waals surface area contributed by atoms with Gasteiger partial charge in [0, 0.05) is 16.8 Å². The van der Waals surface area contributed by atoms with E-state index in [0.717, 1.165) is 30.4 Å². The van der Waals surface area contributed by atoms with Gasteiger partial charge in [-0.05, 0) is 72.4 Å². The second-order valence-electron chi connectivity index (χ2n) is 8.34. The fraction of sp³-hybridized carbons (Fsp3) is 0.107. The normalized spacial score (nSPS) is 12.7. The minimum atomic E-state index is -3.91. The number of carbonyl (C=O) groups excluding carboxylic acids is 1. The molecular formula is C28H24N2O3S. The molecular weight excluding hydrogens is 444 g/mol. The first-order valence-corrected chi connectivity index (χ1v) is 12.7. The summed E-state index contributed by atoms with van der Waals surface area (Å²) in [6, 6.07) is 28.8. The smallest absolute Gasteiger partial charge is 0.261 e. The second kappa shape index (κ2) is 9.15. The van der Waals surface area contributed by atoms with Crippen LogP contribution in [0.25, 0.3) is 11.1 Å². The molecule has 4 aromatic carbocycles. The van der Waals surface area contributed by atoms with Crippen LogP contribution in [0.5, 0.6) is 0 Å². The average molecular weight is 469 g/mol. The molecule has 0 bridgehead atoms. The molecule has 2 N–H and O–H groups in total. The van der Waals surface area contributed by atoms with Crippen LogP contribution in [-0.4, -0.2) is 14.3 Å². The highest BCUT2D eigenvalue weighted by Crippen LogP contribution is 2.30. The van der Waals surface area contributed by atoms with Gasteiger partial charge in [0.2, 0.25) is 0 Å². The zero-order chi connectivity index (χ0) is 23.5. The van der Waals surface area contributed by atoms with E-state index in [-0.39, 0.29) is 16.4 Å². The van der Waals surface area contributed by atoms with E-state index in [1.165, 1.54) is 23.3 Å². The first-order chi connectivity index (χ1) is 16.5. The molecule has 0 saturated carbocycles. The Hall–Kier alpha value is -3.90. The number of nitrogens with one attached hydrogen (secondary N) is 2. The number of sulfonamides is 1. The predicted octanol–water partition coefficient (Wildman–Crippen LogP) is 5.90. The molecule has 0 radical (unpaired) electrons. The van der Waals surface area contributed by atoms with Crippen LogP contribution in [-0.2, 0) is 22.9 Å². The molecule has 34 heavy (non-hydrogen) atoms. The van der Waals surface area contributed by atoms with Crippen LogP contribution < -0.4 is 10.0 Å². The number of hydrogen-bond acceptors (Lipinski definition) is 3. The van der Waals surface area contributed by atoms with Crippen molar-refractivity contribution in [3.05, 3.63) is 114 Å². The second-order valence-corrected chi connectivity index (χ2v) is 10.0. The minimum Gasteiger partial charge on any atom is -0.322 e. The Balaban J connectivity index is 1.38. The molecule has 0 unspecified atom stereocenters. The number of aryl methyl sites for hydroxylation is 2. The largest absolute Gasteiger partial charge is 0.322 e. The molecule has 4 aromatic rings. The number of anilines is 2. The van der Waals surface area contributed by atoms with Crippen molar-refractivity contribution in [2.75, 3.05) is 10.0 Å². The van der Waals surface area contributed by atoms with Crippen molar-refractivity contribution in [1.29, 1.82) is 0 Å². The van der Waals surface area contributed by atoms with Crippen LogP contribution in [0.3, 0.4) is 0 Å². The summed E-state index contributed by atoms with van der Waals surface area (Å²) >= 11 is 0. The van der Waals surface area contributed by atoms with Gasteiger partial charge in [0.05, 0.1) is 10.6 Å². The summed E-state index contributed by atoms with van der Waals surface area (Å²) in [5.74, 6) is -0.348. The molecule has 5 nitrogen and oxygen atoms in total. The SMILES string of the molecule is O=C(Nc1ccc2c(c1)CCC2)c1cccc(S(=O)(=O)Nc2ccccc2-c2ccccc2)c1. The molecule has 5 rings (SSSR count). The lowest BCUT2D eigenvalue weighted by Crippen LogP contribution is -2.16. The Morgan fingerprint density at radius 2 is 1.50 bits per heavy atom. The molecule has 1 aliphatic carbocycles. The number of carbonyl (C=O) groups is 1. The molecule has 0 spiro atoms. The summed E-state index contributed by atoms with van der Waals surface area (Å²) < 4.78 is 29.1. The van der Waals surface area contributed by atoms with Crippen molar-refractivity contribution in [2.24, 2.45) is 0 Å². The van der Waals surface area contributed by atoms with E-state index < -0.39 is 10.0 Å². The van der Waals surface area contributed by atoms with E-state index in [2.05, 4.69) is 10.0 Å². The lowest BCUT2D eigenvalue weighted by atomic mass is 10.0. The van der Waals surface area contributed by atoms with Crippen LogP contribution >= 0.6 is 0 Å². The summed E-state index contributed by atoms with van der Waals surface area (Å²) in [6.45, 7) is 0. The van der Waals surface area contributed by atoms with Gasteiger partial charge in [-0.25, -0.2) is 8.42 Å². The van der Waals surface area contributed by atoms with Gasteiger partial charge >= 0.3 is 0 Å². The van der Waals surface area contributed by atoms with Crippen molar-refractivity contribution < 1.29 is 13.2 Å². The lowest BCUT2D eigenvalue weighted by molar-refractivity contribution is 0.102. The first-order valence-electron chi connectivity index (χ1n) is 11.2. The fourth-order valence-corrected chi connectivity index (χ4v) is 5.43. The van der Waals surface area contributed by atoms with Gasteiger partial charge in [-0.1, -0.05) is 60.7 Å². The average Bonchev–Trinajstić information content (AvgIpc) is 3.33. The highest BCUT2D eigenvalue weighted by molar-refractivity contribution is 7.92. The lowest BCUT2D eigenvalue weighted by Gasteiger charge is -2.14. The summed E-state index contributed by atoms with van der Waals surface area (Å²) in [5.41, 5.74) is 5.74. The molecule has 0 atom stereocenters. The van der Waals surface area contributed by atoms with E-state index in [9.17, 15) is 13.2 Å². The summed E-state index contributed by atoms with van der Waals surface area (Å²) in [4.78, 5) is 12.9. The van der Waals surface area contributed by atoms with E-state index in [4.69, 9.17) is 0 Å². The number of benzene rings is 4. The molecule has 1 amide bonds. The van der Waals surface area contributed by atoms with Gasteiger partial charge in [0.15, 0.2) is 0 Å². The maximum Gasteiger partial charge on any atom is 0.261 e. The quantitative estimate of drug-likeness (QED) is 0.370. The van der Waals surface area contributed by atoms with Gasteiger partial charge in [0.25, 0.3) is 15.9 Å². The summed E-state index contributed by atoms with van der Waals surface area (Å²) in [7, 11) is -3.91. The third-order valence-electron chi connectivity index (χ3n) is 6.02. The van der Waals surface area contributed by atoms with E-state index >= 15 is 0 Å². The number of amides is 1. The summed E-state index contributed by atoms with van der Waals surface area (Å²) in [6.07, 6.45) is 3.22. The van der Waals surface area contributed by atoms with Crippen molar-refractivity contribution in [2.45, 2.75) is 24.2 Å². The van der Waals surface area contributed by atoms with Crippen molar-refractivity contribution in [3.63, 3.8) is 0 Å². The van der Waals surface area contributed by atoms with Gasteiger partial charge in [-0.15, -0.1) is 0 Å². The molecule has 0 saturated heterocycles. The van der Waals surface area contributed by atoms with Crippen LogP contribution in [0, 0.1) is 0 Å². The molecule has 6 heteroatoms. The van der Waals surface area contributed by atoms with Crippen molar-refractivity contribution >= 4 is 27.3 Å². The molecule has 0 aromatic heterocycles. The number of fused-ring (bicyclic) bond motifs is 1. The fourth-order valence-electron chi connectivity index (χ4n) is 4.30. The van der Waals surface area contributed by atoms with Crippen LogP contribution in [0.1, 0.15) is 27.9 Å². The Morgan fingerprint density at radius 3 is 2.35 bits per heavy atom. The van der Waals surface area contributed by atoms with E-state index in [0.29, 0.717) is 11.4 Å². The van der Waals surface area contributed by atoms with E-state index in [1.54, 1.807) is 24.3 Å². The van der Waals surface area contributed by atoms with Gasteiger partial charge < -0.3 is 5.32 Å². The molecule has 170 valence electrons. The van der Waals surface area contributed by atoms with E-state index in [1.807, 2.05) is 60.7 Å². The first kappa shape index (κ1) is 21.9. The minimum absolute atomic E-state index is 0.0250. The maximum absolute atomic E-state index is 13.2. The summed E-state index contributed by atoms with van der Waals surface area (Å²) in [5, 5.41) is 2.89. The Kier molecular flexibility index (Phi) is 5.90. The Labute approximate surface area is 199 Å². The Morgan fingerprint density at radius 1 is 0.735 bits per heavy atom. The number of hydrogen-bond donors (Lipinski definition) is 2. The van der Waals surface area contributed by atoms with Crippen LogP contribution in [0.4, 0.5) is 11.4 Å². The standard InChI is InChI=1S/C28H24N2O3S/c31-28(29-24-17-16-20-10-6-11-22(20)18-24)23-12-7-13-25(19-23)34(32,33)30-27-15-5-4-14-26(27)21-8-2-1-3-9-21/h1-5,7-9,12-19,30H,6,10-11H2,(H,29,31). The van der Waals surface area contributed by atoms with Crippen molar-refractivity contribution in [1.82, 2.24) is 0 Å². The third kappa shape index (κ3) is 4.58. The maximum atomic E-state index is 13.2. The molecule has 0 fully saturated rings. The van der Waals surface area contributed by atoms with Crippen LogP contribution in [0.15, 0.2) is 102 Å². The monoisotopic (exact) mass is 468 g/mol. The number of para-hydroxylation sites is 1. The molecule has 1 aliphatic rings. The van der Waals surface area contributed by atoms with Gasteiger partial charge in [-0.2, -0.15) is 0 Å². The highest BCUT2D eigenvalue weighted by Gasteiger charge is 2.19. The Bertz CT molecular complexity index is 1460. The number of rotatable bonds is 6. The highest BCUT2D eigenvalue weighted by atomic mass is 32.2. The molecule has 0 heterocycles. The topological polar surface area (TPSA) is 75.3 Å². The van der Waals surface area contributed by atoms with Crippen LogP contribution in [0.2, 0.25) is 0 Å². The zero-order valence-electron chi connectivity index (χ0n) is 18.5. The van der Waals surface area contributed by atoms with Crippen molar-refractivity contribution in [3.8, 4) is 11.1 Å². The third-order valence-corrected chi connectivity index (χ3v) is 7.38. The molecule has 0 aliphatic heterocycles. The zero-order valence-corrected chi connectivity index (χ0v) is 19.3. The van der Waals surface area contributed by atoms with Gasteiger partial charge in [0.1, 0.15) is 0 Å². The van der Waals surface area contributed by atoms with Gasteiger partial charge in [-0.3, -0.25) is 9.52 Å². The predicted molar refractivity (Wildman–Crippen MR) is 136 cm³/mol.